The van der Waals surface area contributed by atoms with E-state index in [4.69, 9.17) is 10.7 Å². The van der Waals surface area contributed by atoms with E-state index < -0.39 is 14.5 Å². The van der Waals surface area contributed by atoms with Crippen LogP contribution in [0.25, 0.3) is 0 Å². The number of aryl methyl sites for hydroxylation is 1. The van der Waals surface area contributed by atoms with Crippen molar-refractivity contribution in [2.75, 3.05) is 5.32 Å². The van der Waals surface area contributed by atoms with E-state index in [2.05, 4.69) is 5.32 Å². The Bertz CT molecular complexity index is 594. The van der Waals surface area contributed by atoms with Gasteiger partial charge in [-0.25, -0.2) is 8.42 Å². The van der Waals surface area contributed by atoms with Crippen LogP contribution in [0.3, 0.4) is 0 Å². The average molecular weight is 304 g/mol. The summed E-state index contributed by atoms with van der Waals surface area (Å²) in [5.74, 6) is -0.101. The van der Waals surface area contributed by atoms with Crippen LogP contribution in [0, 0.1) is 12.3 Å². The molecule has 0 fully saturated rings. The van der Waals surface area contributed by atoms with E-state index in [1.165, 1.54) is 12.1 Å². The van der Waals surface area contributed by atoms with Crippen molar-refractivity contribution in [2.45, 2.75) is 39.0 Å². The molecule has 1 N–H and O–H groups in total. The quantitative estimate of drug-likeness (QED) is 0.868. The van der Waals surface area contributed by atoms with Gasteiger partial charge in [0.1, 0.15) is 0 Å². The van der Waals surface area contributed by atoms with Crippen molar-refractivity contribution in [1.29, 1.82) is 0 Å². The molecule has 0 aliphatic carbocycles. The zero-order valence-corrected chi connectivity index (χ0v) is 13.0. The Kier molecular flexibility index (Phi) is 4.63. The van der Waals surface area contributed by atoms with E-state index in [9.17, 15) is 13.2 Å². The zero-order valence-electron chi connectivity index (χ0n) is 11.5. The fraction of sp³-hybridized carbons (Fsp3) is 0.462. The highest BCUT2D eigenvalue weighted by molar-refractivity contribution is 8.13. The maximum Gasteiger partial charge on any atom is 0.261 e. The molecule has 4 nitrogen and oxygen atoms in total. The Labute approximate surface area is 118 Å². The lowest BCUT2D eigenvalue weighted by molar-refractivity contribution is -0.124. The molecular weight excluding hydrogens is 286 g/mol. The monoisotopic (exact) mass is 303 g/mol. The molecule has 0 heterocycles. The lowest BCUT2D eigenvalue weighted by Crippen LogP contribution is -2.30. The first kappa shape index (κ1) is 16.0. The van der Waals surface area contributed by atoms with Crippen molar-refractivity contribution in [3.8, 4) is 0 Å². The molecule has 0 aliphatic rings. The minimum absolute atomic E-state index is 0.0573. The van der Waals surface area contributed by atoms with Gasteiger partial charge in [-0.2, -0.15) is 0 Å². The molecule has 0 unspecified atom stereocenters. The molecule has 19 heavy (non-hydrogen) atoms. The summed E-state index contributed by atoms with van der Waals surface area (Å²) in [6, 6.07) is 4.52. The number of hydrogen-bond acceptors (Lipinski definition) is 3. The Hall–Kier alpha value is -1.07. The van der Waals surface area contributed by atoms with Crippen molar-refractivity contribution in [1.82, 2.24) is 0 Å². The molecule has 0 radical (unpaired) electrons. The number of carbonyl (C=O) groups excluding carboxylic acids is 1. The maximum atomic E-state index is 12.0. The minimum Gasteiger partial charge on any atom is -0.326 e. The third kappa shape index (κ3) is 3.94. The first-order chi connectivity index (χ1) is 8.58. The van der Waals surface area contributed by atoms with Crippen LogP contribution in [-0.4, -0.2) is 14.3 Å². The van der Waals surface area contributed by atoms with Crippen molar-refractivity contribution in [3.63, 3.8) is 0 Å². The third-order valence-electron chi connectivity index (χ3n) is 3.19. The van der Waals surface area contributed by atoms with Gasteiger partial charge in [0.25, 0.3) is 9.05 Å². The van der Waals surface area contributed by atoms with E-state index in [0.717, 1.165) is 0 Å². The van der Waals surface area contributed by atoms with E-state index in [1.807, 2.05) is 20.8 Å². The predicted molar refractivity (Wildman–Crippen MR) is 76.9 cm³/mol. The Balaban J connectivity index is 3.01. The molecule has 0 bridgehead atoms. The van der Waals surface area contributed by atoms with Gasteiger partial charge in [0.15, 0.2) is 0 Å². The topological polar surface area (TPSA) is 63.2 Å². The molecule has 1 amide bonds. The van der Waals surface area contributed by atoms with Crippen LogP contribution in [0.4, 0.5) is 5.69 Å². The van der Waals surface area contributed by atoms with Crippen LogP contribution < -0.4 is 5.32 Å². The second-order valence-electron chi connectivity index (χ2n) is 5.11. The third-order valence-corrected chi connectivity index (χ3v) is 4.68. The van der Waals surface area contributed by atoms with Crippen LogP contribution in [0.5, 0.6) is 0 Å². The van der Waals surface area contributed by atoms with Gasteiger partial charge in [-0.05, 0) is 37.1 Å². The summed E-state index contributed by atoms with van der Waals surface area (Å²) in [6.45, 7) is 7.28. The van der Waals surface area contributed by atoms with E-state index in [0.29, 0.717) is 17.7 Å². The molecule has 1 aromatic rings. The molecule has 1 aromatic carbocycles. The smallest absolute Gasteiger partial charge is 0.261 e. The highest BCUT2D eigenvalue weighted by Gasteiger charge is 2.25. The molecule has 0 saturated heterocycles. The number of amides is 1. The lowest BCUT2D eigenvalue weighted by atomic mass is 9.89. The van der Waals surface area contributed by atoms with Gasteiger partial charge < -0.3 is 5.32 Å². The SMILES string of the molecule is CCC(C)(C)C(=O)Nc1ccc(S(=O)(=O)Cl)c(C)c1. The van der Waals surface area contributed by atoms with Crippen molar-refractivity contribution < 1.29 is 13.2 Å². The maximum absolute atomic E-state index is 12.0. The van der Waals surface area contributed by atoms with Crippen molar-refractivity contribution in [2.24, 2.45) is 5.41 Å². The highest BCUT2D eigenvalue weighted by atomic mass is 35.7. The largest absolute Gasteiger partial charge is 0.326 e. The summed E-state index contributed by atoms with van der Waals surface area (Å²) in [4.78, 5) is 12.1. The second kappa shape index (κ2) is 5.51. The lowest BCUT2D eigenvalue weighted by Gasteiger charge is -2.21. The summed E-state index contributed by atoms with van der Waals surface area (Å²) >= 11 is 0. The number of benzene rings is 1. The molecule has 6 heteroatoms. The van der Waals surface area contributed by atoms with E-state index in [1.54, 1.807) is 13.0 Å². The standard InChI is InChI=1S/C13H18ClNO3S/c1-5-13(3,4)12(16)15-10-6-7-11(9(2)8-10)19(14,17)18/h6-8H,5H2,1-4H3,(H,15,16). The van der Waals surface area contributed by atoms with Gasteiger partial charge in [0.2, 0.25) is 5.91 Å². The Morgan fingerprint density at radius 1 is 1.37 bits per heavy atom. The number of hydrogen-bond donors (Lipinski definition) is 1. The molecule has 0 atom stereocenters. The normalized spacial score (nSPS) is 12.3. The molecule has 0 spiro atoms. The summed E-state index contributed by atoms with van der Waals surface area (Å²) in [7, 11) is 1.55. The zero-order chi connectivity index (χ0) is 14.8. The molecule has 1 rings (SSSR count). The van der Waals surface area contributed by atoms with Gasteiger partial charge in [-0.1, -0.05) is 20.8 Å². The van der Waals surface area contributed by atoms with Crippen LogP contribution in [-0.2, 0) is 13.8 Å². The van der Waals surface area contributed by atoms with Gasteiger partial charge in [-0.3, -0.25) is 4.79 Å². The van der Waals surface area contributed by atoms with Crippen molar-refractivity contribution in [3.05, 3.63) is 23.8 Å². The van der Waals surface area contributed by atoms with Crippen LogP contribution in [0.1, 0.15) is 32.8 Å². The Morgan fingerprint density at radius 3 is 2.37 bits per heavy atom. The summed E-state index contributed by atoms with van der Waals surface area (Å²) in [5, 5.41) is 2.78. The number of nitrogens with one attached hydrogen (secondary N) is 1. The summed E-state index contributed by atoms with van der Waals surface area (Å²) in [6.07, 6.45) is 0.714. The van der Waals surface area contributed by atoms with E-state index in [-0.39, 0.29) is 10.8 Å². The number of carbonyl (C=O) groups is 1. The molecule has 0 aromatic heterocycles. The molecule has 0 saturated carbocycles. The first-order valence-corrected chi connectivity index (χ1v) is 8.25. The van der Waals surface area contributed by atoms with Gasteiger partial charge in [0.05, 0.1) is 4.90 Å². The summed E-state index contributed by atoms with van der Waals surface area (Å²) in [5.41, 5.74) is 0.598. The number of anilines is 1. The first-order valence-electron chi connectivity index (χ1n) is 5.94. The van der Waals surface area contributed by atoms with Crippen LogP contribution in [0.15, 0.2) is 23.1 Å². The molecular formula is C13H18ClNO3S. The average Bonchev–Trinajstić information content (AvgIpc) is 2.27. The number of halogens is 1. The van der Waals surface area contributed by atoms with Gasteiger partial charge in [-0.15, -0.1) is 0 Å². The number of rotatable bonds is 4. The fourth-order valence-electron chi connectivity index (χ4n) is 1.46. The molecule has 0 aliphatic heterocycles. The predicted octanol–water partition coefficient (Wildman–Crippen LogP) is 3.30. The van der Waals surface area contributed by atoms with Gasteiger partial charge >= 0.3 is 0 Å². The summed E-state index contributed by atoms with van der Waals surface area (Å²) < 4.78 is 22.5. The van der Waals surface area contributed by atoms with Crippen LogP contribution in [0.2, 0.25) is 0 Å². The second-order valence-corrected chi connectivity index (χ2v) is 7.64. The van der Waals surface area contributed by atoms with E-state index >= 15 is 0 Å². The minimum atomic E-state index is -3.75. The van der Waals surface area contributed by atoms with Crippen LogP contribution >= 0.6 is 10.7 Å². The fourth-order valence-corrected chi connectivity index (χ4v) is 2.66. The Morgan fingerprint density at radius 2 is 1.95 bits per heavy atom. The van der Waals surface area contributed by atoms with Crippen molar-refractivity contribution >= 4 is 31.3 Å². The van der Waals surface area contributed by atoms with Gasteiger partial charge in [0, 0.05) is 21.8 Å². The molecule has 106 valence electrons. The highest BCUT2D eigenvalue weighted by Crippen LogP contribution is 2.25.